The summed E-state index contributed by atoms with van der Waals surface area (Å²) in [7, 11) is 0. The van der Waals surface area contributed by atoms with Gasteiger partial charge in [0.25, 0.3) is 0 Å². The third kappa shape index (κ3) is 4.18. The van der Waals surface area contributed by atoms with Crippen LogP contribution in [-0.2, 0) is 11.3 Å². The van der Waals surface area contributed by atoms with Crippen LogP contribution in [0.15, 0.2) is 30.5 Å². The van der Waals surface area contributed by atoms with Crippen LogP contribution in [0, 0.1) is 11.7 Å². The molecule has 1 unspecified atom stereocenters. The fraction of sp³-hybridized carbons (Fsp3) is 0.412. The Morgan fingerprint density at radius 2 is 2.17 bits per heavy atom. The molecule has 1 aromatic carbocycles. The molecule has 1 fully saturated rings. The zero-order valence-electron chi connectivity index (χ0n) is 13.3. The number of hydrogen-bond donors (Lipinski definition) is 3. The van der Waals surface area contributed by atoms with Gasteiger partial charge in [-0.3, -0.25) is 14.8 Å². The highest BCUT2D eigenvalue weighted by Crippen LogP contribution is 2.23. The summed E-state index contributed by atoms with van der Waals surface area (Å²) in [6.45, 7) is 3.82. The molecule has 0 amide bonds. The molecule has 1 aliphatic heterocycles. The van der Waals surface area contributed by atoms with E-state index in [0.29, 0.717) is 6.54 Å². The monoisotopic (exact) mass is 332 g/mol. The molecular weight excluding hydrogens is 311 g/mol. The molecular formula is C17H21FN4O2. The fourth-order valence-electron chi connectivity index (χ4n) is 3.13. The lowest BCUT2D eigenvalue weighted by Crippen LogP contribution is -2.30. The molecule has 0 radical (unpaired) electrons. The number of nitrogens with zero attached hydrogens (tertiary/aromatic N) is 2. The van der Waals surface area contributed by atoms with Crippen molar-refractivity contribution < 1.29 is 14.3 Å². The zero-order valence-corrected chi connectivity index (χ0v) is 13.3. The Bertz CT molecular complexity index is 686. The van der Waals surface area contributed by atoms with E-state index >= 15 is 0 Å². The third-order valence-corrected chi connectivity index (χ3v) is 4.26. The Morgan fingerprint density at radius 3 is 2.92 bits per heavy atom. The number of benzene rings is 1. The first kappa shape index (κ1) is 16.6. The summed E-state index contributed by atoms with van der Waals surface area (Å²) in [5.74, 6) is -0.944. The van der Waals surface area contributed by atoms with E-state index in [-0.39, 0.29) is 18.2 Å². The molecule has 1 aromatic heterocycles. The van der Waals surface area contributed by atoms with Crippen LogP contribution in [0.4, 0.5) is 4.39 Å². The lowest BCUT2D eigenvalue weighted by molar-refractivity contribution is -0.138. The Morgan fingerprint density at radius 1 is 1.38 bits per heavy atom. The average molecular weight is 332 g/mol. The molecule has 0 spiro atoms. The highest BCUT2D eigenvalue weighted by Gasteiger charge is 2.21. The van der Waals surface area contributed by atoms with E-state index in [0.717, 1.165) is 43.0 Å². The highest BCUT2D eigenvalue weighted by atomic mass is 19.1. The topological polar surface area (TPSA) is 81.2 Å². The summed E-state index contributed by atoms with van der Waals surface area (Å²) in [4.78, 5) is 13.2. The third-order valence-electron chi connectivity index (χ3n) is 4.26. The zero-order chi connectivity index (χ0) is 16.9. The summed E-state index contributed by atoms with van der Waals surface area (Å²) in [6.07, 6.45) is 1.95. The predicted molar refractivity (Wildman–Crippen MR) is 87.9 cm³/mol. The second kappa shape index (κ2) is 7.55. The van der Waals surface area contributed by atoms with E-state index in [1.54, 1.807) is 18.3 Å². The van der Waals surface area contributed by atoms with Gasteiger partial charge in [-0.05, 0) is 36.7 Å². The Labute approximate surface area is 139 Å². The molecule has 24 heavy (non-hydrogen) atoms. The second-order valence-corrected chi connectivity index (χ2v) is 6.18. The first-order chi connectivity index (χ1) is 11.6. The van der Waals surface area contributed by atoms with E-state index in [2.05, 4.69) is 20.4 Å². The molecule has 1 aliphatic rings. The number of carboxylic acid groups (broad SMARTS) is 1. The van der Waals surface area contributed by atoms with Crippen molar-refractivity contribution >= 4 is 5.97 Å². The number of aromatic amines is 1. The summed E-state index contributed by atoms with van der Waals surface area (Å²) in [6, 6.07) is 6.31. The van der Waals surface area contributed by atoms with Crippen LogP contribution in [0.1, 0.15) is 12.0 Å². The van der Waals surface area contributed by atoms with Crippen molar-refractivity contribution in [1.82, 2.24) is 20.4 Å². The number of hydrogen-bond acceptors (Lipinski definition) is 4. The maximum Gasteiger partial charge on any atom is 0.303 e. The van der Waals surface area contributed by atoms with Gasteiger partial charge < -0.3 is 10.4 Å². The van der Waals surface area contributed by atoms with Gasteiger partial charge in [-0.2, -0.15) is 5.10 Å². The quantitative estimate of drug-likeness (QED) is 0.777. The molecule has 1 atom stereocenters. The number of carbonyl (C=O) groups is 1. The summed E-state index contributed by atoms with van der Waals surface area (Å²) < 4.78 is 13.1. The largest absolute Gasteiger partial charge is 0.481 e. The van der Waals surface area contributed by atoms with Gasteiger partial charge in [0, 0.05) is 37.3 Å². The van der Waals surface area contributed by atoms with Crippen molar-refractivity contribution in [3.63, 3.8) is 0 Å². The number of rotatable bonds is 5. The average Bonchev–Trinajstić information content (AvgIpc) is 2.88. The maximum atomic E-state index is 13.1. The van der Waals surface area contributed by atoms with Crippen molar-refractivity contribution in [3.05, 3.63) is 41.8 Å². The van der Waals surface area contributed by atoms with Gasteiger partial charge in [0.1, 0.15) is 5.82 Å². The Kier molecular flexibility index (Phi) is 5.22. The molecule has 0 bridgehead atoms. The minimum Gasteiger partial charge on any atom is -0.481 e. The van der Waals surface area contributed by atoms with Gasteiger partial charge >= 0.3 is 5.97 Å². The highest BCUT2D eigenvalue weighted by molar-refractivity contribution is 5.67. The molecule has 6 nitrogen and oxygen atoms in total. The van der Waals surface area contributed by atoms with Crippen LogP contribution in [0.3, 0.4) is 0 Å². The van der Waals surface area contributed by atoms with Crippen molar-refractivity contribution in [1.29, 1.82) is 0 Å². The minimum atomic E-state index is -0.765. The molecule has 3 N–H and O–H groups in total. The number of halogens is 1. The molecule has 128 valence electrons. The maximum absolute atomic E-state index is 13.1. The van der Waals surface area contributed by atoms with E-state index in [1.807, 2.05) is 0 Å². The van der Waals surface area contributed by atoms with Crippen molar-refractivity contribution in [2.75, 3.05) is 26.2 Å². The van der Waals surface area contributed by atoms with Crippen molar-refractivity contribution in [2.45, 2.75) is 13.0 Å². The molecule has 3 rings (SSSR count). The summed E-state index contributed by atoms with van der Waals surface area (Å²) in [5.41, 5.74) is 2.79. The summed E-state index contributed by atoms with van der Waals surface area (Å²) in [5, 5.41) is 19.4. The lowest BCUT2D eigenvalue weighted by atomic mass is 10.0. The van der Waals surface area contributed by atoms with Crippen LogP contribution in [-0.4, -0.2) is 52.4 Å². The molecule has 2 aromatic rings. The molecule has 7 heteroatoms. The SMILES string of the molecule is O=C(O)CC1CNCCN(Cc2cn[nH]c2-c2ccc(F)cc2)C1. The van der Waals surface area contributed by atoms with Gasteiger partial charge in [-0.15, -0.1) is 0 Å². The van der Waals surface area contributed by atoms with E-state index < -0.39 is 5.97 Å². The van der Waals surface area contributed by atoms with Crippen LogP contribution in [0.5, 0.6) is 0 Å². The van der Waals surface area contributed by atoms with Crippen LogP contribution in [0.2, 0.25) is 0 Å². The van der Waals surface area contributed by atoms with E-state index in [9.17, 15) is 9.18 Å². The Balaban J connectivity index is 1.72. The van der Waals surface area contributed by atoms with Crippen LogP contribution >= 0.6 is 0 Å². The lowest BCUT2D eigenvalue weighted by Gasteiger charge is -2.23. The normalized spacial score (nSPS) is 19.1. The first-order valence-corrected chi connectivity index (χ1v) is 8.05. The van der Waals surface area contributed by atoms with Gasteiger partial charge in [-0.1, -0.05) is 0 Å². The first-order valence-electron chi connectivity index (χ1n) is 8.05. The summed E-state index contributed by atoms with van der Waals surface area (Å²) >= 11 is 0. The molecule has 1 saturated heterocycles. The number of H-pyrrole nitrogens is 1. The number of nitrogens with one attached hydrogen (secondary N) is 2. The van der Waals surface area contributed by atoms with Gasteiger partial charge in [0.2, 0.25) is 0 Å². The molecule has 2 heterocycles. The van der Waals surface area contributed by atoms with Crippen molar-refractivity contribution in [3.8, 4) is 11.3 Å². The minimum absolute atomic E-state index is 0.0890. The smallest absolute Gasteiger partial charge is 0.303 e. The molecule has 0 saturated carbocycles. The van der Waals surface area contributed by atoms with Crippen molar-refractivity contribution in [2.24, 2.45) is 5.92 Å². The number of carboxylic acids is 1. The fourth-order valence-corrected chi connectivity index (χ4v) is 3.13. The predicted octanol–water partition coefficient (Wildman–Crippen LogP) is 1.71. The van der Waals surface area contributed by atoms with E-state index in [1.165, 1.54) is 12.1 Å². The second-order valence-electron chi connectivity index (χ2n) is 6.18. The van der Waals surface area contributed by atoms with Gasteiger partial charge in [0.15, 0.2) is 0 Å². The van der Waals surface area contributed by atoms with E-state index in [4.69, 9.17) is 5.11 Å². The van der Waals surface area contributed by atoms with Gasteiger partial charge in [0.05, 0.1) is 18.3 Å². The Hall–Kier alpha value is -2.25. The number of aliphatic carboxylic acids is 1. The standard InChI is InChI=1S/C17H21FN4O2/c18-15-3-1-13(2-4-15)17-14(9-20-21-17)11-22-6-5-19-8-12(10-22)7-16(23)24/h1-4,9,12,19H,5-8,10-11H2,(H,20,21)(H,23,24). The van der Waals surface area contributed by atoms with Crippen LogP contribution < -0.4 is 5.32 Å². The van der Waals surface area contributed by atoms with Crippen LogP contribution in [0.25, 0.3) is 11.3 Å². The van der Waals surface area contributed by atoms with Gasteiger partial charge in [-0.25, -0.2) is 4.39 Å². The number of aromatic nitrogens is 2. The molecule has 0 aliphatic carbocycles.